The smallest absolute Gasteiger partial charge is 0.245 e. The number of nitrogens with one attached hydrogen (secondary N) is 1. The van der Waals surface area contributed by atoms with Gasteiger partial charge < -0.3 is 10.1 Å². The molecule has 1 heterocycles. The maximum absolute atomic E-state index is 12.2. The molecule has 0 atom stereocenters. The molecule has 0 aromatic carbocycles. The van der Waals surface area contributed by atoms with Crippen molar-refractivity contribution in [1.82, 2.24) is 5.32 Å². The van der Waals surface area contributed by atoms with Crippen molar-refractivity contribution in [1.29, 1.82) is 0 Å². The van der Waals surface area contributed by atoms with Crippen molar-refractivity contribution in [2.24, 2.45) is 0 Å². The summed E-state index contributed by atoms with van der Waals surface area (Å²) >= 11 is 0. The van der Waals surface area contributed by atoms with E-state index in [2.05, 4.69) is 5.32 Å². The minimum atomic E-state index is -3.68. The zero-order valence-electron chi connectivity index (χ0n) is 10.1. The van der Waals surface area contributed by atoms with Crippen LogP contribution < -0.4 is 5.32 Å². The second-order valence-electron chi connectivity index (χ2n) is 3.97. The summed E-state index contributed by atoms with van der Waals surface area (Å²) in [6.45, 7) is 1.80. The first-order chi connectivity index (χ1) is 8.44. The molecule has 98 valence electrons. The van der Waals surface area contributed by atoms with Gasteiger partial charge in [0.05, 0.1) is 12.9 Å². The molecule has 2 rings (SSSR count). The molecule has 7 heteroatoms. The number of ketones is 2. The van der Waals surface area contributed by atoms with Gasteiger partial charge in [-0.1, -0.05) is 6.92 Å². The molecule has 0 bridgehead atoms. The molecule has 0 spiro atoms. The third-order valence-corrected chi connectivity index (χ3v) is 4.71. The van der Waals surface area contributed by atoms with Crippen molar-refractivity contribution in [3.63, 3.8) is 0 Å². The number of rotatable bonds is 2. The number of carbonyl (C=O) groups is 2. The van der Waals surface area contributed by atoms with E-state index in [9.17, 15) is 18.0 Å². The van der Waals surface area contributed by atoms with Crippen molar-refractivity contribution >= 4 is 21.4 Å². The average molecular weight is 271 g/mol. The Morgan fingerprint density at radius 2 is 1.94 bits per heavy atom. The summed E-state index contributed by atoms with van der Waals surface area (Å²) in [4.78, 5) is 23.8. The molecule has 0 amide bonds. The number of ether oxygens (including phenoxy) is 1. The van der Waals surface area contributed by atoms with E-state index in [-0.39, 0.29) is 35.7 Å². The van der Waals surface area contributed by atoms with Crippen LogP contribution in [0.4, 0.5) is 0 Å². The lowest BCUT2D eigenvalue weighted by Crippen LogP contribution is -2.41. The lowest BCUT2D eigenvalue weighted by molar-refractivity contribution is -0.119. The van der Waals surface area contributed by atoms with E-state index < -0.39 is 26.3 Å². The van der Waals surface area contributed by atoms with Gasteiger partial charge in [0.1, 0.15) is 10.6 Å². The SMILES string of the molecule is CCC1=C(OC)C(=O)C2=C(C1=O)S(=O)(=O)CCN2. The molecule has 0 unspecified atom stereocenters. The molecule has 0 radical (unpaired) electrons. The number of methoxy groups -OCH3 is 1. The molecule has 1 N–H and O–H groups in total. The van der Waals surface area contributed by atoms with E-state index >= 15 is 0 Å². The number of Topliss-reactive ketones (excluding diaryl/α,β-unsaturated/α-hetero) is 2. The van der Waals surface area contributed by atoms with Crippen LogP contribution in [0.15, 0.2) is 21.9 Å². The molecule has 0 saturated heterocycles. The van der Waals surface area contributed by atoms with Crippen LogP contribution in [0.3, 0.4) is 0 Å². The van der Waals surface area contributed by atoms with Crippen LogP contribution >= 0.6 is 0 Å². The second kappa shape index (κ2) is 4.24. The summed E-state index contributed by atoms with van der Waals surface area (Å²) < 4.78 is 28.7. The number of carbonyl (C=O) groups excluding carboxylic acids is 2. The van der Waals surface area contributed by atoms with Crippen LogP contribution in [0, 0.1) is 0 Å². The van der Waals surface area contributed by atoms with Gasteiger partial charge in [0.2, 0.25) is 11.6 Å². The summed E-state index contributed by atoms with van der Waals surface area (Å²) in [7, 11) is -2.39. The van der Waals surface area contributed by atoms with Gasteiger partial charge in [-0.05, 0) is 6.42 Å². The Bertz CT molecular complexity index is 597. The van der Waals surface area contributed by atoms with Crippen LogP contribution in [0.1, 0.15) is 13.3 Å². The first-order valence-corrected chi connectivity index (χ1v) is 7.16. The van der Waals surface area contributed by atoms with Crippen LogP contribution in [0.2, 0.25) is 0 Å². The second-order valence-corrected chi connectivity index (χ2v) is 6.02. The van der Waals surface area contributed by atoms with Crippen molar-refractivity contribution in [2.75, 3.05) is 19.4 Å². The Labute approximate surface area is 105 Å². The lowest BCUT2D eigenvalue weighted by atomic mass is 9.96. The van der Waals surface area contributed by atoms with E-state index in [0.717, 1.165) is 0 Å². The maximum atomic E-state index is 12.2. The van der Waals surface area contributed by atoms with E-state index in [1.165, 1.54) is 7.11 Å². The van der Waals surface area contributed by atoms with Gasteiger partial charge in [-0.2, -0.15) is 0 Å². The third kappa shape index (κ3) is 1.66. The molecule has 0 fully saturated rings. The lowest BCUT2D eigenvalue weighted by Gasteiger charge is -2.26. The molecular weight excluding hydrogens is 258 g/mol. The summed E-state index contributed by atoms with van der Waals surface area (Å²) in [5.74, 6) is -1.43. The van der Waals surface area contributed by atoms with Gasteiger partial charge in [0.15, 0.2) is 15.6 Å². The Morgan fingerprint density at radius 3 is 2.50 bits per heavy atom. The number of hydrogen-bond donors (Lipinski definition) is 1. The molecule has 2 aliphatic rings. The molecule has 0 aromatic heterocycles. The summed E-state index contributed by atoms with van der Waals surface area (Å²) in [6.07, 6.45) is 0.250. The van der Waals surface area contributed by atoms with Crippen LogP contribution in [0.25, 0.3) is 0 Å². The van der Waals surface area contributed by atoms with Crippen molar-refractivity contribution in [3.05, 3.63) is 21.9 Å². The van der Waals surface area contributed by atoms with Gasteiger partial charge >= 0.3 is 0 Å². The molecule has 0 aromatic rings. The first kappa shape index (κ1) is 12.8. The van der Waals surface area contributed by atoms with Crippen LogP contribution in [-0.4, -0.2) is 39.4 Å². The maximum Gasteiger partial charge on any atom is 0.245 e. The fraction of sp³-hybridized carbons (Fsp3) is 0.455. The minimum absolute atomic E-state index is 0.0640. The number of sulfone groups is 1. The molecule has 18 heavy (non-hydrogen) atoms. The Kier molecular flexibility index (Phi) is 3.02. The molecule has 1 aliphatic heterocycles. The highest BCUT2D eigenvalue weighted by Gasteiger charge is 2.42. The normalized spacial score (nSPS) is 22.8. The van der Waals surface area contributed by atoms with Gasteiger partial charge in [-0.25, -0.2) is 8.42 Å². The topological polar surface area (TPSA) is 89.5 Å². The van der Waals surface area contributed by atoms with Gasteiger partial charge in [-0.3, -0.25) is 9.59 Å². The Balaban J connectivity index is 2.68. The highest BCUT2D eigenvalue weighted by Crippen LogP contribution is 2.30. The molecular formula is C11H13NO5S. The van der Waals surface area contributed by atoms with E-state index in [4.69, 9.17) is 4.74 Å². The van der Waals surface area contributed by atoms with Gasteiger partial charge in [0, 0.05) is 12.1 Å². The van der Waals surface area contributed by atoms with Crippen molar-refractivity contribution in [2.45, 2.75) is 13.3 Å². The van der Waals surface area contributed by atoms with Gasteiger partial charge in [-0.15, -0.1) is 0 Å². The van der Waals surface area contributed by atoms with Crippen molar-refractivity contribution < 1.29 is 22.7 Å². The molecule has 6 nitrogen and oxygen atoms in total. The first-order valence-electron chi connectivity index (χ1n) is 5.51. The fourth-order valence-corrected chi connectivity index (χ4v) is 3.57. The van der Waals surface area contributed by atoms with Crippen LogP contribution in [0.5, 0.6) is 0 Å². The summed E-state index contributed by atoms with van der Waals surface area (Å²) in [6, 6.07) is 0. The largest absolute Gasteiger partial charge is 0.492 e. The Hall–Kier alpha value is -1.63. The third-order valence-electron chi connectivity index (χ3n) is 2.96. The minimum Gasteiger partial charge on any atom is -0.492 e. The predicted octanol–water partition coefficient (Wildman–Crippen LogP) is -0.322. The van der Waals surface area contributed by atoms with E-state index in [1.54, 1.807) is 6.92 Å². The number of hydrogen-bond acceptors (Lipinski definition) is 6. The standard InChI is InChI=1S/C11H13NO5S/c1-3-6-8(13)11-7(9(14)10(6)17-2)12-4-5-18(11,15)16/h12H,3-5H2,1-2H3. The zero-order valence-corrected chi connectivity index (χ0v) is 10.9. The quantitative estimate of drug-likeness (QED) is 0.692. The monoisotopic (exact) mass is 271 g/mol. The Morgan fingerprint density at radius 1 is 1.28 bits per heavy atom. The molecule has 1 aliphatic carbocycles. The average Bonchev–Trinajstić information content (AvgIpc) is 2.31. The summed E-state index contributed by atoms with van der Waals surface area (Å²) in [5, 5.41) is 2.68. The number of allylic oxidation sites excluding steroid dienone is 2. The van der Waals surface area contributed by atoms with E-state index in [0.29, 0.717) is 0 Å². The van der Waals surface area contributed by atoms with E-state index in [1.807, 2.05) is 0 Å². The highest BCUT2D eigenvalue weighted by atomic mass is 32.2. The summed E-state index contributed by atoms with van der Waals surface area (Å²) in [5.41, 5.74) is -0.0335. The molecule has 0 saturated carbocycles. The predicted molar refractivity (Wildman–Crippen MR) is 63.2 cm³/mol. The van der Waals surface area contributed by atoms with Crippen LogP contribution in [-0.2, 0) is 24.2 Å². The highest BCUT2D eigenvalue weighted by molar-refractivity contribution is 7.96. The van der Waals surface area contributed by atoms with Gasteiger partial charge in [0.25, 0.3) is 0 Å². The zero-order chi connectivity index (χ0) is 13.5. The fourth-order valence-electron chi connectivity index (χ4n) is 2.11. The van der Waals surface area contributed by atoms with Crippen molar-refractivity contribution in [3.8, 4) is 0 Å².